The lowest BCUT2D eigenvalue weighted by Gasteiger charge is -2.44. The van der Waals surface area contributed by atoms with E-state index in [1.54, 1.807) is 13.8 Å². The lowest BCUT2D eigenvalue weighted by molar-refractivity contribution is -0.304. The van der Waals surface area contributed by atoms with E-state index in [-0.39, 0.29) is 37.4 Å². The number of hydrogen-bond acceptors (Lipinski definition) is 6. The maximum absolute atomic E-state index is 12.6. The van der Waals surface area contributed by atoms with E-state index in [0.717, 1.165) is 44.9 Å². The lowest BCUT2D eigenvalue weighted by atomic mass is 9.85. The summed E-state index contributed by atoms with van der Waals surface area (Å²) < 4.78 is 16.7. The molecule has 2 amide bonds. The molecule has 0 aromatic carbocycles. The molecule has 1 aliphatic heterocycles. The Hall–Kier alpha value is -2.45. The first kappa shape index (κ1) is 36.6. The van der Waals surface area contributed by atoms with Gasteiger partial charge in [-0.3, -0.25) is 14.4 Å². The van der Waals surface area contributed by atoms with Crippen molar-refractivity contribution >= 4 is 17.8 Å². The van der Waals surface area contributed by atoms with Gasteiger partial charge in [-0.15, -0.1) is 0 Å². The van der Waals surface area contributed by atoms with Crippen LogP contribution >= 0.6 is 0 Å². The second-order valence-electron chi connectivity index (χ2n) is 11.7. The number of nitrogens with one attached hydrogen (secondary N) is 2. The first-order chi connectivity index (χ1) is 19.6. The molecule has 41 heavy (non-hydrogen) atoms. The van der Waals surface area contributed by atoms with Gasteiger partial charge in [0.05, 0.1) is 19.6 Å². The molecule has 1 fully saturated rings. The standard InChI is InChI=1S/C33H56N2O6/c1-6-7-8-9-10-11-12-13-14-15-16-17-18-19-20-22-28(36)34-24-21-26-39-29(37)23-25-35-31(38)30-32(2,3)27-40-33(4,5)41-30/h7-8,10-11,13-14,30H,6,9,12,15-27H2,1-5H3,(H,34,36)(H,35,38). The largest absolute Gasteiger partial charge is 0.466 e. The van der Waals surface area contributed by atoms with E-state index in [4.69, 9.17) is 14.2 Å². The molecule has 0 radical (unpaired) electrons. The Balaban J connectivity index is 1.96. The molecule has 234 valence electrons. The summed E-state index contributed by atoms with van der Waals surface area (Å²) in [6.45, 7) is 10.8. The van der Waals surface area contributed by atoms with Gasteiger partial charge in [0, 0.05) is 24.9 Å². The Kier molecular flexibility index (Phi) is 19.0. The summed E-state index contributed by atoms with van der Waals surface area (Å²) in [4.78, 5) is 36.6. The molecule has 0 aromatic heterocycles. The summed E-state index contributed by atoms with van der Waals surface area (Å²) >= 11 is 0. The zero-order chi connectivity index (χ0) is 30.4. The Bertz CT molecular complexity index is 847. The normalized spacial score (nSPS) is 18.2. The van der Waals surface area contributed by atoms with Crippen LogP contribution in [0, 0.1) is 5.41 Å². The van der Waals surface area contributed by atoms with E-state index in [1.807, 2.05) is 13.8 Å². The minimum atomic E-state index is -0.826. The predicted molar refractivity (Wildman–Crippen MR) is 164 cm³/mol. The van der Waals surface area contributed by atoms with Crippen molar-refractivity contribution in [3.05, 3.63) is 36.5 Å². The molecule has 1 unspecified atom stereocenters. The smallest absolute Gasteiger partial charge is 0.307 e. The van der Waals surface area contributed by atoms with Gasteiger partial charge >= 0.3 is 5.97 Å². The quantitative estimate of drug-likeness (QED) is 0.0943. The number of esters is 1. The molecule has 0 spiro atoms. The molecular weight excluding hydrogens is 520 g/mol. The van der Waals surface area contributed by atoms with Crippen LogP contribution in [-0.2, 0) is 28.6 Å². The zero-order valence-corrected chi connectivity index (χ0v) is 26.3. The highest BCUT2D eigenvalue weighted by atomic mass is 16.7. The SMILES string of the molecule is CCC=CCC=CCC=CCCCCCCCC(=O)NCCCOC(=O)CCNC(=O)C1OC(C)(C)OCC1(C)C. The third-order valence-electron chi connectivity index (χ3n) is 6.73. The molecule has 1 aliphatic rings. The molecular formula is C33H56N2O6. The number of rotatable bonds is 21. The van der Waals surface area contributed by atoms with Crippen molar-refractivity contribution in [2.75, 3.05) is 26.3 Å². The van der Waals surface area contributed by atoms with Gasteiger partial charge in [0.2, 0.25) is 11.8 Å². The molecule has 1 rings (SSSR count). The van der Waals surface area contributed by atoms with Crippen molar-refractivity contribution in [1.82, 2.24) is 10.6 Å². The fraction of sp³-hybridized carbons (Fsp3) is 0.727. The number of amides is 2. The fourth-order valence-electron chi connectivity index (χ4n) is 4.25. The van der Waals surface area contributed by atoms with Gasteiger partial charge in [0.15, 0.2) is 5.79 Å². The Morgan fingerprint density at radius 2 is 1.46 bits per heavy atom. The summed E-state index contributed by atoms with van der Waals surface area (Å²) in [7, 11) is 0. The summed E-state index contributed by atoms with van der Waals surface area (Å²) in [6.07, 6.45) is 23.5. The Labute approximate surface area is 248 Å². The van der Waals surface area contributed by atoms with Gasteiger partial charge in [-0.25, -0.2) is 0 Å². The van der Waals surface area contributed by atoms with E-state index >= 15 is 0 Å². The summed E-state index contributed by atoms with van der Waals surface area (Å²) in [5.41, 5.74) is -0.467. The minimum Gasteiger partial charge on any atom is -0.466 e. The molecule has 0 saturated carbocycles. The Morgan fingerprint density at radius 1 is 0.805 bits per heavy atom. The van der Waals surface area contributed by atoms with E-state index in [0.29, 0.717) is 26.0 Å². The second-order valence-corrected chi connectivity index (χ2v) is 11.7. The number of carbonyl (C=O) groups excluding carboxylic acids is 3. The Morgan fingerprint density at radius 3 is 2.20 bits per heavy atom. The van der Waals surface area contributed by atoms with Crippen molar-refractivity contribution in [1.29, 1.82) is 0 Å². The van der Waals surface area contributed by atoms with Gasteiger partial charge in [0.1, 0.15) is 6.10 Å². The molecule has 0 aromatic rings. The third kappa shape index (κ3) is 18.6. The van der Waals surface area contributed by atoms with E-state index < -0.39 is 17.3 Å². The topological polar surface area (TPSA) is 103 Å². The van der Waals surface area contributed by atoms with Crippen molar-refractivity contribution in [3.63, 3.8) is 0 Å². The highest BCUT2D eigenvalue weighted by Crippen LogP contribution is 2.34. The van der Waals surface area contributed by atoms with Gasteiger partial charge in [-0.2, -0.15) is 0 Å². The maximum Gasteiger partial charge on any atom is 0.307 e. The number of carbonyl (C=O) groups is 3. The molecule has 8 nitrogen and oxygen atoms in total. The van der Waals surface area contributed by atoms with Gasteiger partial charge < -0.3 is 24.8 Å². The molecule has 2 N–H and O–H groups in total. The van der Waals surface area contributed by atoms with Crippen LogP contribution in [0.5, 0.6) is 0 Å². The highest BCUT2D eigenvalue weighted by Gasteiger charge is 2.45. The first-order valence-electron chi connectivity index (χ1n) is 15.5. The molecule has 8 heteroatoms. The van der Waals surface area contributed by atoms with E-state index in [9.17, 15) is 14.4 Å². The maximum atomic E-state index is 12.6. The molecule has 1 saturated heterocycles. The first-order valence-corrected chi connectivity index (χ1v) is 15.5. The third-order valence-corrected chi connectivity index (χ3v) is 6.73. The van der Waals surface area contributed by atoms with Crippen LogP contribution in [0.15, 0.2) is 36.5 Å². The molecule has 1 heterocycles. The zero-order valence-electron chi connectivity index (χ0n) is 26.3. The minimum absolute atomic E-state index is 0.0432. The number of allylic oxidation sites excluding steroid dienone is 6. The van der Waals surface area contributed by atoms with Crippen LogP contribution in [0.25, 0.3) is 0 Å². The average molecular weight is 577 g/mol. The fourth-order valence-corrected chi connectivity index (χ4v) is 4.25. The molecule has 0 aliphatic carbocycles. The van der Waals surface area contributed by atoms with Crippen LogP contribution < -0.4 is 10.6 Å². The molecule has 0 bridgehead atoms. The van der Waals surface area contributed by atoms with E-state index in [2.05, 4.69) is 54.0 Å². The van der Waals surface area contributed by atoms with Crippen molar-refractivity contribution in [2.45, 2.75) is 124 Å². The second kappa shape index (κ2) is 21.3. The van der Waals surface area contributed by atoms with Crippen LogP contribution in [0.4, 0.5) is 0 Å². The summed E-state index contributed by atoms with van der Waals surface area (Å²) in [5, 5.41) is 5.65. The number of hydrogen-bond donors (Lipinski definition) is 2. The summed E-state index contributed by atoms with van der Waals surface area (Å²) in [5.74, 6) is -1.43. The van der Waals surface area contributed by atoms with Crippen molar-refractivity contribution in [2.24, 2.45) is 5.41 Å². The monoisotopic (exact) mass is 576 g/mol. The lowest BCUT2D eigenvalue weighted by Crippen LogP contribution is -2.56. The molecule has 1 atom stereocenters. The highest BCUT2D eigenvalue weighted by molar-refractivity contribution is 5.82. The van der Waals surface area contributed by atoms with Gasteiger partial charge in [-0.1, -0.05) is 76.5 Å². The van der Waals surface area contributed by atoms with E-state index in [1.165, 1.54) is 12.8 Å². The van der Waals surface area contributed by atoms with Crippen LogP contribution in [0.2, 0.25) is 0 Å². The number of ether oxygens (including phenoxy) is 3. The summed E-state index contributed by atoms with van der Waals surface area (Å²) in [6, 6.07) is 0. The number of unbranched alkanes of at least 4 members (excludes halogenated alkanes) is 5. The van der Waals surface area contributed by atoms with Crippen LogP contribution in [0.1, 0.15) is 112 Å². The van der Waals surface area contributed by atoms with Crippen LogP contribution in [-0.4, -0.2) is 56.0 Å². The van der Waals surface area contributed by atoms with Crippen molar-refractivity contribution < 1.29 is 28.6 Å². The predicted octanol–water partition coefficient (Wildman–Crippen LogP) is 6.31. The van der Waals surface area contributed by atoms with Gasteiger partial charge in [0.25, 0.3) is 0 Å². The average Bonchev–Trinajstić information content (AvgIpc) is 2.92. The van der Waals surface area contributed by atoms with Crippen LogP contribution in [0.3, 0.4) is 0 Å². The van der Waals surface area contributed by atoms with Gasteiger partial charge in [-0.05, 0) is 58.8 Å². The van der Waals surface area contributed by atoms with Crippen molar-refractivity contribution in [3.8, 4) is 0 Å².